The van der Waals surface area contributed by atoms with Crippen molar-refractivity contribution in [3.05, 3.63) is 60.2 Å². The third-order valence-electron chi connectivity index (χ3n) is 4.92. The fraction of sp³-hybridized carbons (Fsp3) is 0.435. The molecule has 2 aromatic rings. The van der Waals surface area contributed by atoms with Gasteiger partial charge in [0.15, 0.2) is 0 Å². The van der Waals surface area contributed by atoms with E-state index in [0.29, 0.717) is 12.1 Å². The van der Waals surface area contributed by atoms with E-state index < -0.39 is 0 Å². The van der Waals surface area contributed by atoms with Crippen molar-refractivity contribution in [3.63, 3.8) is 0 Å². The van der Waals surface area contributed by atoms with Crippen molar-refractivity contribution in [1.29, 1.82) is 0 Å². The Labute approximate surface area is 168 Å². The normalized spacial score (nSPS) is 14.9. The average Bonchev–Trinajstić information content (AvgIpc) is 2.72. The molecule has 1 aliphatic rings. The Hall–Kier alpha value is -2.53. The van der Waals surface area contributed by atoms with Gasteiger partial charge in [-0.05, 0) is 63.2 Å². The fourth-order valence-electron chi connectivity index (χ4n) is 3.43. The molecule has 0 unspecified atom stereocenters. The second-order valence-corrected chi connectivity index (χ2v) is 7.46. The SMILES string of the molecule is CC(C)Oc1ccc(C(=O)NCCCN2CCN(c3ccccc3)CC2)cc1. The van der Waals surface area contributed by atoms with Crippen molar-refractivity contribution in [1.82, 2.24) is 10.2 Å². The van der Waals surface area contributed by atoms with Crippen LogP contribution in [0.4, 0.5) is 5.69 Å². The molecular weight excluding hydrogens is 350 g/mol. The molecule has 1 saturated heterocycles. The number of hydrogen-bond acceptors (Lipinski definition) is 4. The first-order chi connectivity index (χ1) is 13.6. The minimum absolute atomic E-state index is 0.0232. The van der Waals surface area contributed by atoms with E-state index in [4.69, 9.17) is 4.74 Å². The van der Waals surface area contributed by atoms with Gasteiger partial charge in [-0.2, -0.15) is 0 Å². The molecule has 0 aromatic heterocycles. The molecule has 1 aliphatic heterocycles. The summed E-state index contributed by atoms with van der Waals surface area (Å²) in [5.41, 5.74) is 1.98. The third kappa shape index (κ3) is 5.99. The van der Waals surface area contributed by atoms with Gasteiger partial charge in [0.05, 0.1) is 6.10 Å². The maximum Gasteiger partial charge on any atom is 0.251 e. The molecule has 0 spiro atoms. The van der Waals surface area contributed by atoms with Crippen LogP contribution in [0.1, 0.15) is 30.6 Å². The van der Waals surface area contributed by atoms with E-state index in [0.717, 1.165) is 44.9 Å². The van der Waals surface area contributed by atoms with Crippen LogP contribution in [0.25, 0.3) is 0 Å². The summed E-state index contributed by atoms with van der Waals surface area (Å²) in [7, 11) is 0. The summed E-state index contributed by atoms with van der Waals surface area (Å²) in [6, 6.07) is 17.9. The van der Waals surface area contributed by atoms with Gasteiger partial charge in [-0.1, -0.05) is 18.2 Å². The minimum atomic E-state index is -0.0232. The van der Waals surface area contributed by atoms with Crippen molar-refractivity contribution in [3.8, 4) is 5.75 Å². The Morgan fingerprint density at radius 3 is 2.32 bits per heavy atom. The molecule has 5 heteroatoms. The van der Waals surface area contributed by atoms with Crippen molar-refractivity contribution in [2.45, 2.75) is 26.4 Å². The van der Waals surface area contributed by atoms with Crippen LogP contribution in [0.15, 0.2) is 54.6 Å². The Bertz CT molecular complexity index is 723. The Kier molecular flexibility index (Phi) is 7.31. The lowest BCUT2D eigenvalue weighted by Crippen LogP contribution is -2.47. The maximum absolute atomic E-state index is 12.3. The summed E-state index contributed by atoms with van der Waals surface area (Å²) in [5, 5.41) is 3.02. The van der Waals surface area contributed by atoms with Crippen molar-refractivity contribution < 1.29 is 9.53 Å². The number of carbonyl (C=O) groups is 1. The molecule has 28 heavy (non-hydrogen) atoms. The molecule has 150 valence electrons. The lowest BCUT2D eigenvalue weighted by atomic mass is 10.2. The molecule has 1 N–H and O–H groups in total. The number of piperazine rings is 1. The maximum atomic E-state index is 12.3. The van der Waals surface area contributed by atoms with Gasteiger partial charge in [0.25, 0.3) is 5.91 Å². The molecule has 0 bridgehead atoms. The summed E-state index contributed by atoms with van der Waals surface area (Å²) in [6.07, 6.45) is 1.10. The number of nitrogens with one attached hydrogen (secondary N) is 1. The third-order valence-corrected chi connectivity index (χ3v) is 4.92. The monoisotopic (exact) mass is 381 g/mol. The van der Waals surface area contributed by atoms with Crippen molar-refractivity contribution >= 4 is 11.6 Å². The molecule has 1 heterocycles. The number of rotatable bonds is 8. The largest absolute Gasteiger partial charge is 0.491 e. The number of benzene rings is 2. The molecule has 0 radical (unpaired) electrons. The van der Waals surface area contributed by atoms with Crippen LogP contribution in [0.5, 0.6) is 5.75 Å². The van der Waals surface area contributed by atoms with Gasteiger partial charge in [0, 0.05) is 44.0 Å². The minimum Gasteiger partial charge on any atom is -0.491 e. The molecule has 1 amide bonds. The van der Waals surface area contributed by atoms with Gasteiger partial charge < -0.3 is 15.0 Å². The summed E-state index contributed by atoms with van der Waals surface area (Å²) >= 11 is 0. The topological polar surface area (TPSA) is 44.8 Å². The number of amides is 1. The van der Waals surface area contributed by atoms with E-state index in [1.165, 1.54) is 5.69 Å². The zero-order valence-electron chi connectivity index (χ0n) is 16.9. The van der Waals surface area contributed by atoms with Gasteiger partial charge in [-0.15, -0.1) is 0 Å². The molecule has 0 saturated carbocycles. The van der Waals surface area contributed by atoms with Gasteiger partial charge >= 0.3 is 0 Å². The first-order valence-electron chi connectivity index (χ1n) is 10.2. The standard InChI is InChI=1S/C23H31N3O2/c1-19(2)28-22-11-9-20(10-12-22)23(27)24-13-6-14-25-15-17-26(18-16-25)21-7-4-3-5-8-21/h3-5,7-12,19H,6,13-18H2,1-2H3,(H,24,27). The highest BCUT2D eigenvalue weighted by atomic mass is 16.5. The lowest BCUT2D eigenvalue weighted by molar-refractivity contribution is 0.0951. The zero-order valence-corrected chi connectivity index (χ0v) is 16.9. The van der Waals surface area contributed by atoms with Gasteiger partial charge in [-0.25, -0.2) is 0 Å². The predicted molar refractivity (Wildman–Crippen MR) is 114 cm³/mol. The second kappa shape index (κ2) is 10.1. The molecule has 1 fully saturated rings. The van der Waals surface area contributed by atoms with Crippen LogP contribution in [0, 0.1) is 0 Å². The molecule has 0 atom stereocenters. The molecule has 5 nitrogen and oxygen atoms in total. The number of carbonyl (C=O) groups excluding carboxylic acids is 1. The van der Waals surface area contributed by atoms with E-state index in [2.05, 4.69) is 45.4 Å². The quantitative estimate of drug-likeness (QED) is 0.712. The highest BCUT2D eigenvalue weighted by molar-refractivity contribution is 5.94. The Morgan fingerprint density at radius 2 is 1.68 bits per heavy atom. The number of anilines is 1. The van der Waals surface area contributed by atoms with E-state index in [1.807, 2.05) is 38.1 Å². The highest BCUT2D eigenvalue weighted by Crippen LogP contribution is 2.16. The average molecular weight is 382 g/mol. The van der Waals surface area contributed by atoms with E-state index in [1.54, 1.807) is 0 Å². The smallest absolute Gasteiger partial charge is 0.251 e. The van der Waals surface area contributed by atoms with E-state index in [-0.39, 0.29) is 12.0 Å². The zero-order chi connectivity index (χ0) is 19.8. The van der Waals surface area contributed by atoms with Gasteiger partial charge in [0.2, 0.25) is 0 Å². The number of hydrogen-bond donors (Lipinski definition) is 1. The first-order valence-corrected chi connectivity index (χ1v) is 10.2. The van der Waals surface area contributed by atoms with Crippen LogP contribution >= 0.6 is 0 Å². The Morgan fingerprint density at radius 1 is 1.00 bits per heavy atom. The lowest BCUT2D eigenvalue weighted by Gasteiger charge is -2.36. The van der Waals surface area contributed by atoms with Crippen molar-refractivity contribution in [2.75, 3.05) is 44.2 Å². The van der Waals surface area contributed by atoms with E-state index in [9.17, 15) is 4.79 Å². The predicted octanol–water partition coefficient (Wildman–Crippen LogP) is 3.42. The van der Waals surface area contributed by atoms with Crippen LogP contribution in [0.3, 0.4) is 0 Å². The molecule has 0 aliphatic carbocycles. The summed E-state index contributed by atoms with van der Waals surface area (Å²) < 4.78 is 5.61. The fourth-order valence-corrected chi connectivity index (χ4v) is 3.43. The van der Waals surface area contributed by atoms with E-state index >= 15 is 0 Å². The summed E-state index contributed by atoms with van der Waals surface area (Å²) in [6.45, 7) is 9.94. The summed E-state index contributed by atoms with van der Waals surface area (Å²) in [4.78, 5) is 17.2. The van der Waals surface area contributed by atoms with Crippen LogP contribution in [-0.2, 0) is 0 Å². The number of nitrogens with zero attached hydrogens (tertiary/aromatic N) is 2. The van der Waals surface area contributed by atoms with Crippen molar-refractivity contribution in [2.24, 2.45) is 0 Å². The summed E-state index contributed by atoms with van der Waals surface area (Å²) in [5.74, 6) is 0.770. The van der Waals surface area contributed by atoms with Gasteiger partial charge in [-0.3, -0.25) is 9.69 Å². The first kappa shape index (κ1) is 20.2. The highest BCUT2D eigenvalue weighted by Gasteiger charge is 2.16. The molecular formula is C23H31N3O2. The van der Waals surface area contributed by atoms with Gasteiger partial charge in [0.1, 0.15) is 5.75 Å². The Balaban J connectivity index is 1.33. The number of para-hydroxylation sites is 1. The van der Waals surface area contributed by atoms with Crippen LogP contribution in [0.2, 0.25) is 0 Å². The van der Waals surface area contributed by atoms with Crippen LogP contribution < -0.4 is 15.0 Å². The number of ether oxygens (including phenoxy) is 1. The second-order valence-electron chi connectivity index (χ2n) is 7.46. The van der Waals surface area contributed by atoms with Crippen LogP contribution in [-0.4, -0.2) is 56.2 Å². The molecule has 3 rings (SSSR count). The molecule has 2 aromatic carbocycles.